The Kier molecular flexibility index (Phi) is 2.24. The number of hydrogen-bond acceptors (Lipinski definition) is 3. The van der Waals surface area contributed by atoms with Gasteiger partial charge in [-0.15, -0.1) is 0 Å². The lowest BCUT2D eigenvalue weighted by Gasteiger charge is -2.25. The molecular weight excluding hydrogens is 270 g/mol. The lowest BCUT2D eigenvalue weighted by Crippen LogP contribution is -2.24. The highest BCUT2D eigenvalue weighted by atomic mass is 79.9. The summed E-state index contributed by atoms with van der Waals surface area (Å²) in [6.07, 6.45) is 6.83. The normalized spacial score (nSPS) is 19.2. The second-order valence-electron chi connectivity index (χ2n) is 3.96. The third-order valence-electron chi connectivity index (χ3n) is 2.87. The zero-order chi connectivity index (χ0) is 11.1. The Morgan fingerprint density at radius 1 is 1.44 bits per heavy atom. The minimum atomic E-state index is 0.288. The topological polar surface area (TPSA) is 47.7 Å². The summed E-state index contributed by atoms with van der Waals surface area (Å²) in [7, 11) is 1.94. The number of rotatable bonds is 1. The summed E-state index contributed by atoms with van der Waals surface area (Å²) in [5.41, 5.74) is 1.21. The van der Waals surface area contributed by atoms with Gasteiger partial charge in [-0.05, 0) is 22.4 Å². The molecule has 0 aliphatic carbocycles. The van der Waals surface area contributed by atoms with Crippen molar-refractivity contribution in [2.75, 3.05) is 11.9 Å². The molecule has 1 unspecified atom stereocenters. The van der Waals surface area contributed by atoms with Gasteiger partial charge in [-0.1, -0.05) is 0 Å². The number of anilines is 1. The van der Waals surface area contributed by atoms with Crippen LogP contribution in [0.4, 0.5) is 5.82 Å². The molecule has 0 aromatic carbocycles. The first-order valence-corrected chi connectivity index (χ1v) is 6.00. The minimum absolute atomic E-state index is 0.288. The first kappa shape index (κ1) is 9.89. The van der Waals surface area contributed by atoms with Crippen LogP contribution >= 0.6 is 15.9 Å². The van der Waals surface area contributed by atoms with Crippen molar-refractivity contribution in [3.63, 3.8) is 0 Å². The molecule has 1 atom stereocenters. The van der Waals surface area contributed by atoms with Gasteiger partial charge in [0.25, 0.3) is 0 Å². The van der Waals surface area contributed by atoms with Crippen LogP contribution in [0.2, 0.25) is 0 Å². The lowest BCUT2D eigenvalue weighted by molar-refractivity contribution is 0.481. The summed E-state index contributed by atoms with van der Waals surface area (Å²) in [5.74, 6) is 1.06. The molecule has 0 saturated heterocycles. The third-order valence-corrected chi connectivity index (χ3v) is 3.45. The largest absolute Gasteiger partial charge is 0.369 e. The summed E-state index contributed by atoms with van der Waals surface area (Å²) in [4.78, 5) is 0. The molecule has 0 saturated carbocycles. The highest BCUT2D eigenvalue weighted by molar-refractivity contribution is 9.10. The van der Waals surface area contributed by atoms with Gasteiger partial charge in [-0.25, -0.2) is 4.68 Å². The number of halogens is 1. The van der Waals surface area contributed by atoms with Crippen LogP contribution in [0.25, 0.3) is 0 Å². The van der Waals surface area contributed by atoms with E-state index in [1.165, 1.54) is 5.56 Å². The Morgan fingerprint density at radius 3 is 3.06 bits per heavy atom. The van der Waals surface area contributed by atoms with E-state index in [0.29, 0.717) is 0 Å². The molecule has 0 spiro atoms. The van der Waals surface area contributed by atoms with Crippen molar-refractivity contribution in [2.45, 2.75) is 12.5 Å². The first-order valence-electron chi connectivity index (χ1n) is 5.21. The molecule has 1 N–H and O–H groups in total. The fraction of sp³-hybridized carbons (Fsp3) is 0.400. The molecular formula is C10H12BrN5. The second kappa shape index (κ2) is 3.62. The number of nitrogens with one attached hydrogen (secondary N) is 1. The van der Waals surface area contributed by atoms with Crippen LogP contribution in [-0.2, 0) is 7.05 Å². The summed E-state index contributed by atoms with van der Waals surface area (Å²) in [6, 6.07) is 0.288. The number of aromatic nitrogens is 4. The first-order chi connectivity index (χ1) is 7.75. The van der Waals surface area contributed by atoms with Crippen molar-refractivity contribution in [1.29, 1.82) is 0 Å². The van der Waals surface area contributed by atoms with Gasteiger partial charge in [0, 0.05) is 25.4 Å². The van der Waals surface area contributed by atoms with Crippen LogP contribution in [0.1, 0.15) is 18.0 Å². The Balaban J connectivity index is 2.05. The van der Waals surface area contributed by atoms with Crippen molar-refractivity contribution in [3.8, 4) is 0 Å². The van der Waals surface area contributed by atoms with Gasteiger partial charge in [0.1, 0.15) is 5.82 Å². The molecule has 84 valence electrons. The number of fused-ring (bicyclic) bond motifs is 1. The maximum Gasteiger partial charge on any atom is 0.139 e. The second-order valence-corrected chi connectivity index (χ2v) is 4.82. The number of nitrogens with zero attached hydrogens (tertiary/aromatic N) is 4. The van der Waals surface area contributed by atoms with Crippen LogP contribution in [0, 0.1) is 0 Å². The molecule has 6 heteroatoms. The lowest BCUT2D eigenvalue weighted by atomic mass is 10.1. The molecule has 3 rings (SSSR count). The smallest absolute Gasteiger partial charge is 0.139 e. The maximum absolute atomic E-state index is 4.39. The van der Waals surface area contributed by atoms with Crippen LogP contribution in [0.3, 0.4) is 0 Å². The monoisotopic (exact) mass is 281 g/mol. The molecule has 2 aromatic heterocycles. The van der Waals surface area contributed by atoms with Gasteiger partial charge in [0.15, 0.2) is 0 Å². The summed E-state index contributed by atoms with van der Waals surface area (Å²) in [6.45, 7) is 0.962. The molecule has 0 radical (unpaired) electrons. The zero-order valence-corrected chi connectivity index (χ0v) is 10.5. The van der Waals surface area contributed by atoms with E-state index in [1.54, 1.807) is 0 Å². The average Bonchev–Trinajstić information content (AvgIpc) is 2.86. The standard InChI is InChI=1S/C10H12BrN5/c1-15-6-7(4-13-15)9-2-3-12-10-8(11)5-14-16(9)10/h4-6,9,12H,2-3H2,1H3. The SMILES string of the molecule is Cn1cc(C2CCNc3c(Br)cnn32)cn1. The van der Waals surface area contributed by atoms with Gasteiger partial charge in [0.2, 0.25) is 0 Å². The third kappa shape index (κ3) is 1.44. The maximum atomic E-state index is 4.39. The summed E-state index contributed by atoms with van der Waals surface area (Å²) in [5, 5.41) is 12.0. The van der Waals surface area contributed by atoms with E-state index in [0.717, 1.165) is 23.3 Å². The Hall–Kier alpha value is -1.30. The van der Waals surface area contributed by atoms with Crippen molar-refractivity contribution in [3.05, 3.63) is 28.6 Å². The number of aryl methyl sites for hydroxylation is 1. The molecule has 3 heterocycles. The van der Waals surface area contributed by atoms with E-state index in [2.05, 4.69) is 37.6 Å². The summed E-state index contributed by atoms with van der Waals surface area (Å²) < 4.78 is 4.86. The molecule has 16 heavy (non-hydrogen) atoms. The van der Waals surface area contributed by atoms with E-state index in [4.69, 9.17) is 0 Å². The fourth-order valence-electron chi connectivity index (χ4n) is 2.11. The van der Waals surface area contributed by atoms with Gasteiger partial charge < -0.3 is 5.32 Å². The quantitative estimate of drug-likeness (QED) is 0.867. The van der Waals surface area contributed by atoms with E-state index in [1.807, 2.05) is 28.8 Å². The van der Waals surface area contributed by atoms with Gasteiger partial charge in [0.05, 0.1) is 22.9 Å². The van der Waals surface area contributed by atoms with Crippen molar-refractivity contribution in [2.24, 2.45) is 7.05 Å². The minimum Gasteiger partial charge on any atom is -0.369 e. The molecule has 0 amide bonds. The Bertz CT molecular complexity index is 515. The molecule has 2 aromatic rings. The molecule has 0 fully saturated rings. The molecule has 0 bridgehead atoms. The van der Waals surface area contributed by atoms with Gasteiger partial charge in [-0.3, -0.25) is 4.68 Å². The Morgan fingerprint density at radius 2 is 2.31 bits per heavy atom. The summed E-state index contributed by atoms with van der Waals surface area (Å²) >= 11 is 3.49. The van der Waals surface area contributed by atoms with Crippen molar-refractivity contribution in [1.82, 2.24) is 19.6 Å². The van der Waals surface area contributed by atoms with E-state index >= 15 is 0 Å². The van der Waals surface area contributed by atoms with Crippen LogP contribution in [0.5, 0.6) is 0 Å². The van der Waals surface area contributed by atoms with Crippen LogP contribution in [-0.4, -0.2) is 26.1 Å². The van der Waals surface area contributed by atoms with Gasteiger partial charge in [-0.2, -0.15) is 10.2 Å². The molecule has 5 nitrogen and oxygen atoms in total. The van der Waals surface area contributed by atoms with E-state index < -0.39 is 0 Å². The van der Waals surface area contributed by atoms with E-state index in [-0.39, 0.29) is 6.04 Å². The van der Waals surface area contributed by atoms with Crippen molar-refractivity contribution >= 4 is 21.7 Å². The zero-order valence-electron chi connectivity index (χ0n) is 8.89. The van der Waals surface area contributed by atoms with Gasteiger partial charge >= 0.3 is 0 Å². The highest BCUT2D eigenvalue weighted by Crippen LogP contribution is 2.33. The average molecular weight is 282 g/mol. The highest BCUT2D eigenvalue weighted by Gasteiger charge is 2.24. The molecule has 1 aliphatic heterocycles. The predicted molar refractivity (Wildman–Crippen MR) is 64.4 cm³/mol. The number of hydrogen-bond donors (Lipinski definition) is 1. The van der Waals surface area contributed by atoms with Crippen LogP contribution < -0.4 is 5.32 Å². The Labute approximate surface area is 102 Å². The van der Waals surface area contributed by atoms with Crippen molar-refractivity contribution < 1.29 is 0 Å². The fourth-order valence-corrected chi connectivity index (χ4v) is 2.53. The molecule has 1 aliphatic rings. The van der Waals surface area contributed by atoms with Crippen LogP contribution in [0.15, 0.2) is 23.1 Å². The van der Waals surface area contributed by atoms with E-state index in [9.17, 15) is 0 Å². The predicted octanol–water partition coefficient (Wildman–Crippen LogP) is 1.78.